The Morgan fingerprint density at radius 1 is 1.00 bits per heavy atom. The van der Waals surface area contributed by atoms with Gasteiger partial charge in [-0.3, -0.25) is 0 Å². The van der Waals surface area contributed by atoms with Crippen LogP contribution in [0.1, 0.15) is 12.2 Å². The number of hydrogen-bond donors (Lipinski definition) is 1. The monoisotopic (exact) mass is 477 g/mol. The van der Waals surface area contributed by atoms with Crippen LogP contribution in [0.2, 0.25) is 25.7 Å². The van der Waals surface area contributed by atoms with E-state index in [1.54, 1.807) is 0 Å². The Bertz CT molecular complexity index is 800. The predicted molar refractivity (Wildman–Crippen MR) is 91.8 cm³/mol. The number of nitrogens with zero attached hydrogens (tertiary/aromatic N) is 2. The largest absolute Gasteiger partial charge is 0.480 e. The van der Waals surface area contributed by atoms with Crippen LogP contribution in [-0.2, 0) is 33.5 Å². The Balaban J connectivity index is 0.000000525. The molecule has 0 aliphatic heterocycles. The second-order valence-corrected chi connectivity index (χ2v) is 15.9. The van der Waals surface area contributed by atoms with Crippen LogP contribution in [0.25, 0.3) is 4.13 Å². The van der Waals surface area contributed by atoms with Crippen molar-refractivity contribution in [3.05, 3.63) is 22.3 Å². The lowest BCUT2D eigenvalue weighted by Gasteiger charge is -2.22. The molecule has 0 amide bonds. The highest BCUT2D eigenvalue weighted by Gasteiger charge is 2.46. The third-order valence-corrected chi connectivity index (χ3v) is 7.69. The fourth-order valence-electron chi connectivity index (χ4n) is 1.69. The summed E-state index contributed by atoms with van der Waals surface area (Å²) in [5.74, 6) is 1.35. The van der Waals surface area contributed by atoms with E-state index in [0.717, 1.165) is 4.13 Å². The first-order valence-corrected chi connectivity index (χ1v) is 14.2. The number of aromatic amines is 1. The number of rotatable bonds is 6. The fraction of sp³-hybridized carbons (Fsp3) is 0.750. The fourth-order valence-corrected chi connectivity index (χ4v) is 4.63. The molecule has 0 aliphatic carbocycles. The average molecular weight is 478 g/mol. The molecule has 1 aromatic heterocycles. The lowest BCUT2D eigenvalue weighted by atomic mass is 10.3. The highest BCUT2D eigenvalue weighted by molar-refractivity contribution is 8.13. The van der Waals surface area contributed by atoms with E-state index < -0.39 is 39.1 Å². The van der Waals surface area contributed by atoms with Gasteiger partial charge in [-0.25, -0.2) is 26.4 Å². The number of imidazole rings is 1. The number of H-pyrrole nitrogens is 1. The summed E-state index contributed by atoms with van der Waals surface area (Å²) < 4.78 is 111. The standard InChI is InChI=1S/C10H20N2Si.C2F6NO4S2/c1-12-8-7-11-10(12)6-5-9-13(2,3)4;3-1(4,5)14(10,11)9-15(12,13)2(6,7)8/h7-8H,5-6,9H2,1-4H3;/q;-1/p+1. The third kappa shape index (κ3) is 8.91. The van der Waals surface area contributed by atoms with Gasteiger partial charge in [0.25, 0.3) is 5.82 Å². The molecule has 0 atom stereocenters. The third-order valence-electron chi connectivity index (χ3n) is 3.10. The van der Waals surface area contributed by atoms with Crippen molar-refractivity contribution in [1.29, 1.82) is 0 Å². The molecule has 0 aromatic carbocycles. The normalized spacial score (nSPS) is 13.8. The Hall–Kier alpha value is -1.13. The molecule has 1 rings (SSSR count). The van der Waals surface area contributed by atoms with Crippen molar-refractivity contribution in [3.63, 3.8) is 0 Å². The van der Waals surface area contributed by atoms with Gasteiger partial charge in [0, 0.05) is 14.5 Å². The molecule has 0 saturated heterocycles. The van der Waals surface area contributed by atoms with Crippen LogP contribution in [0.4, 0.5) is 26.3 Å². The molecular weight excluding hydrogens is 456 g/mol. The number of aryl methyl sites for hydroxylation is 2. The smallest absolute Gasteiger partial charge is 0.421 e. The number of halogens is 6. The summed E-state index contributed by atoms with van der Waals surface area (Å²) >= 11 is 0. The van der Waals surface area contributed by atoms with Gasteiger partial charge in [-0.05, 0) is 6.42 Å². The van der Waals surface area contributed by atoms with Crippen molar-refractivity contribution in [3.8, 4) is 0 Å². The minimum Gasteiger partial charge on any atom is -0.421 e. The maximum atomic E-state index is 11.4. The molecule has 0 radical (unpaired) electrons. The van der Waals surface area contributed by atoms with Crippen LogP contribution >= 0.6 is 0 Å². The van der Waals surface area contributed by atoms with E-state index in [9.17, 15) is 43.2 Å². The summed E-state index contributed by atoms with van der Waals surface area (Å²) in [5.41, 5.74) is -12.4. The van der Waals surface area contributed by atoms with E-state index in [0.29, 0.717) is 0 Å². The number of sulfonamides is 2. The maximum absolute atomic E-state index is 11.4. The summed E-state index contributed by atoms with van der Waals surface area (Å²) in [5, 5.41) is 0. The first-order chi connectivity index (χ1) is 12.2. The van der Waals surface area contributed by atoms with Crippen LogP contribution in [-0.4, -0.2) is 40.9 Å². The zero-order valence-corrected chi connectivity index (χ0v) is 18.0. The summed E-state index contributed by atoms with van der Waals surface area (Å²) in [7, 11) is -12.2. The molecule has 1 heterocycles. The highest BCUT2D eigenvalue weighted by Crippen LogP contribution is 2.36. The second-order valence-electron chi connectivity index (χ2n) is 6.85. The van der Waals surface area contributed by atoms with Crippen LogP contribution in [0.5, 0.6) is 0 Å². The quantitative estimate of drug-likeness (QED) is 0.386. The summed E-state index contributed by atoms with van der Waals surface area (Å²) in [6, 6.07) is 1.42. The molecule has 0 bridgehead atoms. The Kier molecular flexibility index (Phi) is 8.76. The van der Waals surface area contributed by atoms with Crippen LogP contribution in [0.3, 0.4) is 0 Å². The Morgan fingerprint density at radius 2 is 1.43 bits per heavy atom. The van der Waals surface area contributed by atoms with Gasteiger partial charge in [0.1, 0.15) is 12.4 Å². The van der Waals surface area contributed by atoms with E-state index in [2.05, 4.69) is 42.4 Å². The Morgan fingerprint density at radius 3 is 1.71 bits per heavy atom. The summed E-state index contributed by atoms with van der Waals surface area (Å²) in [4.78, 5) is 3.27. The molecule has 166 valence electrons. The second kappa shape index (κ2) is 9.13. The van der Waals surface area contributed by atoms with E-state index in [-0.39, 0.29) is 0 Å². The van der Waals surface area contributed by atoms with E-state index in [1.165, 1.54) is 24.7 Å². The molecule has 0 aliphatic rings. The van der Waals surface area contributed by atoms with Crippen molar-refractivity contribution in [2.24, 2.45) is 7.05 Å². The van der Waals surface area contributed by atoms with Gasteiger partial charge >= 0.3 is 11.0 Å². The topological polar surface area (TPSA) is 102 Å². The molecule has 16 heteroatoms. The number of hydrogen-bond acceptors (Lipinski definition) is 4. The summed E-state index contributed by atoms with van der Waals surface area (Å²) in [6.45, 7) is 7.30. The molecule has 7 nitrogen and oxygen atoms in total. The highest BCUT2D eigenvalue weighted by atomic mass is 32.3. The van der Waals surface area contributed by atoms with Crippen molar-refractivity contribution in [2.45, 2.75) is 49.5 Å². The van der Waals surface area contributed by atoms with Crippen molar-refractivity contribution in [1.82, 2.24) is 4.98 Å². The molecular formula is C12H21F6N3O4S2Si. The first kappa shape index (κ1) is 26.9. The van der Waals surface area contributed by atoms with Gasteiger partial charge in [0.05, 0.1) is 7.05 Å². The zero-order valence-electron chi connectivity index (χ0n) is 15.4. The molecule has 0 fully saturated rings. The van der Waals surface area contributed by atoms with Crippen molar-refractivity contribution >= 4 is 28.1 Å². The molecule has 1 aromatic rings. The molecule has 0 saturated carbocycles. The number of alkyl halides is 6. The molecule has 28 heavy (non-hydrogen) atoms. The van der Waals surface area contributed by atoms with Gasteiger partial charge < -0.3 is 4.13 Å². The first-order valence-electron chi connectivity index (χ1n) is 7.58. The Labute approximate surface area is 160 Å². The van der Waals surface area contributed by atoms with E-state index in [4.69, 9.17) is 0 Å². The maximum Gasteiger partial charge on any atom is 0.480 e. The minimum atomic E-state index is -6.72. The van der Waals surface area contributed by atoms with Crippen LogP contribution in [0.15, 0.2) is 12.4 Å². The van der Waals surface area contributed by atoms with Gasteiger partial charge in [0.15, 0.2) is 20.0 Å². The van der Waals surface area contributed by atoms with Gasteiger partial charge in [0.2, 0.25) is 0 Å². The van der Waals surface area contributed by atoms with Gasteiger partial charge in [-0.1, -0.05) is 25.7 Å². The van der Waals surface area contributed by atoms with E-state index >= 15 is 0 Å². The lowest BCUT2D eigenvalue weighted by molar-refractivity contribution is -0.677. The van der Waals surface area contributed by atoms with Crippen LogP contribution < -0.4 is 4.57 Å². The van der Waals surface area contributed by atoms with Gasteiger partial charge in [-0.15, -0.1) is 0 Å². The van der Waals surface area contributed by atoms with Crippen molar-refractivity contribution < 1.29 is 47.7 Å². The minimum absolute atomic E-state index is 0.778. The molecule has 0 unspecified atom stereocenters. The SMILES string of the molecule is C[n+]1cc[nH]c1CCC[Si](C)(C)C.O=S(=O)([N-]S(=O)(=O)C(F)(F)F)C(F)(F)F. The van der Waals surface area contributed by atoms with Crippen molar-refractivity contribution in [2.75, 3.05) is 0 Å². The van der Waals surface area contributed by atoms with E-state index in [1.807, 2.05) is 6.20 Å². The molecule has 1 N–H and O–H groups in total. The lowest BCUT2D eigenvalue weighted by Crippen LogP contribution is -2.30. The summed E-state index contributed by atoms with van der Waals surface area (Å²) in [6.07, 6.45) is 6.59. The average Bonchev–Trinajstić information content (AvgIpc) is 2.80. The molecule has 0 spiro atoms. The van der Waals surface area contributed by atoms with Gasteiger partial charge in [-0.2, -0.15) is 26.3 Å². The number of nitrogens with one attached hydrogen (secondary N) is 1. The predicted octanol–water partition coefficient (Wildman–Crippen LogP) is 3.17. The zero-order chi connectivity index (χ0) is 22.6. The number of aromatic nitrogens is 2. The van der Waals surface area contributed by atoms with Crippen LogP contribution in [0, 0.1) is 0 Å².